The van der Waals surface area contributed by atoms with Crippen LogP contribution in [0.25, 0.3) is 0 Å². The van der Waals surface area contributed by atoms with Crippen LogP contribution in [-0.4, -0.2) is 53.7 Å². The molecule has 1 fully saturated rings. The molecule has 0 spiro atoms. The van der Waals surface area contributed by atoms with Gasteiger partial charge in [-0.25, -0.2) is 0 Å². The molecular weight excluding hydrogens is 222 g/mol. The summed E-state index contributed by atoms with van der Waals surface area (Å²) in [6.07, 6.45) is 1.06. The molecule has 0 unspecified atom stereocenters. The Labute approximate surface area is 99.6 Å². The highest BCUT2D eigenvalue weighted by atomic mass is 16.4. The van der Waals surface area contributed by atoms with Crippen molar-refractivity contribution in [3.8, 4) is 0 Å². The van der Waals surface area contributed by atoms with Crippen molar-refractivity contribution in [3.63, 3.8) is 0 Å². The van der Waals surface area contributed by atoms with Crippen LogP contribution < -0.4 is 10.6 Å². The zero-order chi connectivity index (χ0) is 12.1. The van der Waals surface area contributed by atoms with Gasteiger partial charge in [0.25, 0.3) is 0 Å². The highest BCUT2D eigenvalue weighted by Crippen LogP contribution is 2.04. The van der Waals surface area contributed by atoms with Gasteiger partial charge in [-0.1, -0.05) is 5.10 Å². The Morgan fingerprint density at radius 3 is 3.12 bits per heavy atom. The van der Waals surface area contributed by atoms with E-state index in [9.17, 15) is 4.79 Å². The fourth-order valence-corrected chi connectivity index (χ4v) is 1.77. The second-order valence-electron chi connectivity index (χ2n) is 4.05. The summed E-state index contributed by atoms with van der Waals surface area (Å²) in [5, 5.41) is 13.2. The molecule has 2 rings (SSSR count). The molecule has 7 nitrogen and oxygen atoms in total. The van der Waals surface area contributed by atoms with Crippen LogP contribution in [0.2, 0.25) is 0 Å². The van der Waals surface area contributed by atoms with Crippen LogP contribution in [0.1, 0.15) is 12.3 Å². The molecule has 2 heterocycles. The molecule has 0 aliphatic carbocycles. The predicted octanol–water partition coefficient (Wildman–Crippen LogP) is -0.388. The number of carbonyl (C=O) groups excluding carboxylic acids is 1. The first-order chi connectivity index (χ1) is 8.24. The number of aromatic nitrogens is 2. The molecule has 0 bridgehead atoms. The molecule has 1 amide bonds. The van der Waals surface area contributed by atoms with Crippen LogP contribution in [-0.2, 0) is 4.79 Å². The zero-order valence-electron chi connectivity index (χ0n) is 9.90. The lowest BCUT2D eigenvalue weighted by molar-refractivity contribution is -0.117. The third-order valence-electron chi connectivity index (χ3n) is 2.57. The minimum Gasteiger partial charge on any atom is -0.408 e. The molecule has 0 aromatic carbocycles. The van der Waals surface area contributed by atoms with E-state index in [0.717, 1.165) is 32.6 Å². The molecule has 0 atom stereocenters. The second-order valence-corrected chi connectivity index (χ2v) is 4.05. The number of aryl methyl sites for hydroxylation is 1. The van der Waals surface area contributed by atoms with E-state index in [2.05, 4.69) is 25.7 Å². The van der Waals surface area contributed by atoms with Gasteiger partial charge in [-0.3, -0.25) is 15.0 Å². The van der Waals surface area contributed by atoms with Gasteiger partial charge in [0.2, 0.25) is 11.8 Å². The largest absolute Gasteiger partial charge is 0.408 e. The Kier molecular flexibility index (Phi) is 4.05. The molecule has 0 radical (unpaired) electrons. The van der Waals surface area contributed by atoms with Crippen LogP contribution in [0.4, 0.5) is 6.01 Å². The molecule has 1 aliphatic heterocycles. The number of anilines is 1. The van der Waals surface area contributed by atoms with Crippen molar-refractivity contribution >= 4 is 11.9 Å². The SMILES string of the molecule is Cc1nnc(NC(=O)CN2CCCNCC2)o1. The van der Waals surface area contributed by atoms with Crippen molar-refractivity contribution in [1.82, 2.24) is 20.4 Å². The molecule has 1 saturated heterocycles. The summed E-state index contributed by atoms with van der Waals surface area (Å²) >= 11 is 0. The monoisotopic (exact) mass is 239 g/mol. The van der Waals surface area contributed by atoms with Crippen molar-refractivity contribution in [3.05, 3.63) is 5.89 Å². The molecule has 0 saturated carbocycles. The van der Waals surface area contributed by atoms with Gasteiger partial charge >= 0.3 is 6.01 Å². The van der Waals surface area contributed by atoms with Crippen molar-refractivity contribution < 1.29 is 9.21 Å². The maximum absolute atomic E-state index is 11.7. The third-order valence-corrected chi connectivity index (χ3v) is 2.57. The van der Waals surface area contributed by atoms with Gasteiger partial charge in [-0.15, -0.1) is 5.10 Å². The first kappa shape index (κ1) is 12.0. The number of hydrogen-bond acceptors (Lipinski definition) is 6. The summed E-state index contributed by atoms with van der Waals surface area (Å²) < 4.78 is 5.08. The Hall–Kier alpha value is -1.47. The average Bonchev–Trinajstić information content (AvgIpc) is 2.53. The van der Waals surface area contributed by atoms with E-state index >= 15 is 0 Å². The average molecular weight is 239 g/mol. The lowest BCUT2D eigenvalue weighted by atomic mass is 10.4. The molecule has 1 aromatic heterocycles. The highest BCUT2D eigenvalue weighted by Gasteiger charge is 2.14. The summed E-state index contributed by atoms with van der Waals surface area (Å²) in [4.78, 5) is 13.8. The van der Waals surface area contributed by atoms with Gasteiger partial charge in [0.15, 0.2) is 0 Å². The van der Waals surface area contributed by atoms with Crippen LogP contribution >= 0.6 is 0 Å². The summed E-state index contributed by atoms with van der Waals surface area (Å²) in [5.74, 6) is 0.329. The van der Waals surface area contributed by atoms with Gasteiger partial charge < -0.3 is 9.73 Å². The highest BCUT2D eigenvalue weighted by molar-refractivity contribution is 5.90. The molecular formula is C10H17N5O2. The van der Waals surface area contributed by atoms with E-state index in [1.807, 2.05) is 0 Å². The predicted molar refractivity (Wildman–Crippen MR) is 61.6 cm³/mol. The van der Waals surface area contributed by atoms with Crippen LogP contribution in [0.15, 0.2) is 4.42 Å². The third kappa shape index (κ3) is 3.79. The Morgan fingerprint density at radius 1 is 1.47 bits per heavy atom. The van der Waals surface area contributed by atoms with Gasteiger partial charge in [-0.05, 0) is 19.5 Å². The molecule has 17 heavy (non-hydrogen) atoms. The Bertz CT molecular complexity index is 371. The summed E-state index contributed by atoms with van der Waals surface area (Å²) in [7, 11) is 0. The topological polar surface area (TPSA) is 83.3 Å². The van der Waals surface area contributed by atoms with Gasteiger partial charge in [0, 0.05) is 20.0 Å². The van der Waals surface area contributed by atoms with Crippen molar-refractivity contribution in [2.45, 2.75) is 13.3 Å². The first-order valence-electron chi connectivity index (χ1n) is 5.77. The van der Waals surface area contributed by atoms with E-state index in [1.165, 1.54) is 0 Å². The van der Waals surface area contributed by atoms with E-state index < -0.39 is 0 Å². The van der Waals surface area contributed by atoms with Crippen LogP contribution in [0.3, 0.4) is 0 Å². The first-order valence-corrected chi connectivity index (χ1v) is 5.77. The lowest BCUT2D eigenvalue weighted by Gasteiger charge is -2.17. The number of nitrogens with zero attached hydrogens (tertiary/aromatic N) is 3. The molecule has 7 heteroatoms. The minimum absolute atomic E-state index is 0.115. The van der Waals surface area contributed by atoms with E-state index in [-0.39, 0.29) is 11.9 Å². The van der Waals surface area contributed by atoms with E-state index in [1.54, 1.807) is 6.92 Å². The number of nitrogens with one attached hydrogen (secondary N) is 2. The van der Waals surface area contributed by atoms with Gasteiger partial charge in [0.1, 0.15) is 0 Å². The summed E-state index contributed by atoms with van der Waals surface area (Å²) in [6.45, 7) is 5.81. The maximum atomic E-state index is 11.7. The molecule has 2 N–H and O–H groups in total. The van der Waals surface area contributed by atoms with Crippen molar-refractivity contribution in [2.24, 2.45) is 0 Å². The van der Waals surface area contributed by atoms with Gasteiger partial charge in [-0.2, -0.15) is 0 Å². The quantitative estimate of drug-likeness (QED) is 0.747. The fourth-order valence-electron chi connectivity index (χ4n) is 1.77. The summed E-state index contributed by atoms with van der Waals surface area (Å²) in [6, 6.07) is 0.167. The van der Waals surface area contributed by atoms with Crippen molar-refractivity contribution in [1.29, 1.82) is 0 Å². The van der Waals surface area contributed by atoms with Gasteiger partial charge in [0.05, 0.1) is 6.54 Å². The van der Waals surface area contributed by atoms with E-state index in [4.69, 9.17) is 4.42 Å². The molecule has 1 aliphatic rings. The second kappa shape index (κ2) is 5.74. The van der Waals surface area contributed by atoms with E-state index in [0.29, 0.717) is 12.4 Å². The summed E-state index contributed by atoms with van der Waals surface area (Å²) in [5.41, 5.74) is 0. The van der Waals surface area contributed by atoms with Crippen molar-refractivity contribution in [2.75, 3.05) is 38.0 Å². The maximum Gasteiger partial charge on any atom is 0.322 e. The fraction of sp³-hybridized carbons (Fsp3) is 0.700. The lowest BCUT2D eigenvalue weighted by Crippen LogP contribution is -2.35. The van der Waals surface area contributed by atoms with Crippen LogP contribution in [0, 0.1) is 6.92 Å². The zero-order valence-corrected chi connectivity index (χ0v) is 9.90. The van der Waals surface area contributed by atoms with Crippen LogP contribution in [0.5, 0.6) is 0 Å². The molecule has 94 valence electrons. The normalized spacial score (nSPS) is 17.7. The number of carbonyl (C=O) groups is 1. The Balaban J connectivity index is 1.80. The Morgan fingerprint density at radius 2 is 2.35 bits per heavy atom. The number of hydrogen-bond donors (Lipinski definition) is 2. The molecule has 1 aromatic rings. The standard InChI is InChI=1S/C10H17N5O2/c1-8-13-14-10(17-8)12-9(16)7-15-5-2-3-11-4-6-15/h11H,2-7H2,1H3,(H,12,14,16). The number of amides is 1. The smallest absolute Gasteiger partial charge is 0.322 e. The number of rotatable bonds is 3. The minimum atomic E-state index is -0.115.